The maximum atomic E-state index is 12.0. The molecule has 0 bridgehead atoms. The van der Waals surface area contributed by atoms with E-state index in [-0.39, 0.29) is 24.5 Å². The molecule has 142 valence electrons. The van der Waals surface area contributed by atoms with E-state index in [9.17, 15) is 9.59 Å². The molecule has 0 radical (unpaired) electrons. The first-order valence-electron chi connectivity index (χ1n) is 9.16. The second-order valence-corrected chi connectivity index (χ2v) is 7.12. The number of ether oxygens (including phenoxy) is 2. The zero-order valence-electron chi connectivity index (χ0n) is 15.8. The zero-order valence-corrected chi connectivity index (χ0v) is 15.8. The summed E-state index contributed by atoms with van der Waals surface area (Å²) in [6.45, 7) is 4.04. The molecular weight excluding hydrogens is 342 g/mol. The Morgan fingerprint density at radius 1 is 1.00 bits per heavy atom. The van der Waals surface area contributed by atoms with E-state index in [0.29, 0.717) is 12.3 Å². The highest BCUT2D eigenvalue weighted by Crippen LogP contribution is 2.47. The molecule has 0 spiro atoms. The molecule has 1 N–H and O–H groups in total. The Balaban J connectivity index is 1.37. The lowest BCUT2D eigenvalue weighted by molar-refractivity contribution is -0.150. The van der Waals surface area contributed by atoms with E-state index in [2.05, 4.69) is 17.4 Å². The van der Waals surface area contributed by atoms with Crippen molar-refractivity contribution in [1.29, 1.82) is 0 Å². The minimum atomic E-state index is -0.562. The van der Waals surface area contributed by atoms with E-state index >= 15 is 0 Å². The molecule has 1 aliphatic rings. The minimum Gasteiger partial charge on any atom is -0.482 e. The van der Waals surface area contributed by atoms with Gasteiger partial charge in [0.05, 0.1) is 0 Å². The molecule has 2 aromatic rings. The van der Waals surface area contributed by atoms with E-state index in [1.54, 1.807) is 6.07 Å². The summed E-state index contributed by atoms with van der Waals surface area (Å²) in [7, 11) is 0. The molecule has 1 fully saturated rings. The summed E-state index contributed by atoms with van der Waals surface area (Å²) in [5, 5.41) is 2.87. The number of benzene rings is 2. The molecule has 2 aromatic carbocycles. The minimum absolute atomic E-state index is 0.0351. The van der Waals surface area contributed by atoms with E-state index in [0.717, 1.165) is 24.0 Å². The van der Waals surface area contributed by atoms with Crippen LogP contribution in [0.2, 0.25) is 0 Å². The van der Waals surface area contributed by atoms with Gasteiger partial charge < -0.3 is 14.8 Å². The van der Waals surface area contributed by atoms with E-state index < -0.39 is 5.97 Å². The Bertz CT molecular complexity index is 812. The highest BCUT2D eigenvalue weighted by Gasteiger charge is 2.44. The summed E-state index contributed by atoms with van der Waals surface area (Å²) in [6, 6.07) is 15.8. The first kappa shape index (κ1) is 19.0. The van der Waals surface area contributed by atoms with Crippen molar-refractivity contribution in [3.63, 3.8) is 0 Å². The average molecular weight is 367 g/mol. The van der Waals surface area contributed by atoms with Crippen molar-refractivity contribution in [2.75, 3.05) is 19.8 Å². The van der Waals surface area contributed by atoms with Gasteiger partial charge in [0.1, 0.15) is 5.75 Å². The fourth-order valence-corrected chi connectivity index (χ4v) is 2.96. The third-order valence-corrected chi connectivity index (χ3v) is 5.06. The molecule has 1 saturated carbocycles. The fourth-order valence-electron chi connectivity index (χ4n) is 2.96. The van der Waals surface area contributed by atoms with E-state index in [4.69, 9.17) is 9.47 Å². The molecule has 1 amide bonds. The number of hydrogen-bond donors (Lipinski definition) is 1. The summed E-state index contributed by atoms with van der Waals surface area (Å²) in [4.78, 5) is 23.8. The number of aryl methyl sites for hydroxylation is 2. The van der Waals surface area contributed by atoms with Crippen LogP contribution in [0.25, 0.3) is 0 Å². The van der Waals surface area contributed by atoms with Crippen molar-refractivity contribution in [3.05, 3.63) is 65.2 Å². The van der Waals surface area contributed by atoms with Gasteiger partial charge in [-0.2, -0.15) is 0 Å². The van der Waals surface area contributed by atoms with Crippen LogP contribution in [0.15, 0.2) is 48.5 Å². The molecular formula is C22H25NO4. The maximum Gasteiger partial charge on any atom is 0.344 e. The van der Waals surface area contributed by atoms with Gasteiger partial charge in [-0.25, -0.2) is 4.79 Å². The van der Waals surface area contributed by atoms with Crippen molar-refractivity contribution < 1.29 is 19.1 Å². The maximum absolute atomic E-state index is 12.0. The largest absolute Gasteiger partial charge is 0.482 e. The SMILES string of the molecule is Cc1ccc(OCC(=O)OCC(=O)NCC2(c3ccccc3)CC2)cc1C. The van der Waals surface area contributed by atoms with Gasteiger partial charge in [-0.05, 0) is 55.5 Å². The molecule has 0 atom stereocenters. The Kier molecular flexibility index (Phi) is 5.79. The molecule has 0 aliphatic heterocycles. The second kappa shape index (κ2) is 8.25. The van der Waals surface area contributed by atoms with Crippen molar-refractivity contribution in [2.45, 2.75) is 32.1 Å². The molecule has 0 unspecified atom stereocenters. The molecule has 1 aliphatic carbocycles. The van der Waals surface area contributed by atoms with Crippen LogP contribution in [0.5, 0.6) is 5.75 Å². The van der Waals surface area contributed by atoms with Crippen molar-refractivity contribution >= 4 is 11.9 Å². The van der Waals surface area contributed by atoms with Crippen LogP contribution in [-0.2, 0) is 19.7 Å². The van der Waals surface area contributed by atoms with Gasteiger partial charge >= 0.3 is 5.97 Å². The first-order chi connectivity index (χ1) is 13.0. The number of esters is 1. The van der Waals surface area contributed by atoms with Crippen LogP contribution in [0.4, 0.5) is 0 Å². The summed E-state index contributed by atoms with van der Waals surface area (Å²) in [6.07, 6.45) is 2.11. The monoisotopic (exact) mass is 367 g/mol. The van der Waals surface area contributed by atoms with Gasteiger partial charge in [0.15, 0.2) is 13.2 Å². The third-order valence-electron chi connectivity index (χ3n) is 5.06. The molecule has 0 heterocycles. The van der Waals surface area contributed by atoms with E-state index in [1.807, 2.05) is 44.2 Å². The Morgan fingerprint density at radius 3 is 2.41 bits per heavy atom. The van der Waals surface area contributed by atoms with Crippen LogP contribution in [0, 0.1) is 13.8 Å². The normalized spacial score (nSPS) is 14.3. The van der Waals surface area contributed by atoms with Gasteiger partial charge in [-0.1, -0.05) is 36.4 Å². The summed E-state index contributed by atoms with van der Waals surface area (Å²) >= 11 is 0. The van der Waals surface area contributed by atoms with Crippen molar-refractivity contribution in [1.82, 2.24) is 5.32 Å². The standard InChI is InChI=1S/C22H25NO4/c1-16-8-9-19(12-17(16)2)26-14-21(25)27-13-20(24)23-15-22(10-11-22)18-6-4-3-5-7-18/h3-9,12H,10-11,13-15H2,1-2H3,(H,23,24). The highest BCUT2D eigenvalue weighted by molar-refractivity contribution is 5.81. The summed E-state index contributed by atoms with van der Waals surface area (Å²) in [5.41, 5.74) is 3.52. The van der Waals surface area contributed by atoms with Crippen LogP contribution in [0.3, 0.4) is 0 Å². The Labute approximate surface area is 159 Å². The third kappa shape index (κ3) is 5.09. The van der Waals surface area contributed by atoms with Crippen LogP contribution < -0.4 is 10.1 Å². The highest BCUT2D eigenvalue weighted by atomic mass is 16.6. The van der Waals surface area contributed by atoms with Crippen molar-refractivity contribution in [2.24, 2.45) is 0 Å². The Hall–Kier alpha value is -2.82. The molecule has 3 rings (SSSR count). The lowest BCUT2D eigenvalue weighted by Gasteiger charge is -2.16. The lowest BCUT2D eigenvalue weighted by atomic mass is 9.96. The molecule has 27 heavy (non-hydrogen) atoms. The van der Waals surface area contributed by atoms with Gasteiger partial charge in [0.2, 0.25) is 0 Å². The fraction of sp³-hybridized carbons (Fsp3) is 0.364. The predicted octanol–water partition coefficient (Wildman–Crippen LogP) is 3.07. The van der Waals surface area contributed by atoms with Crippen LogP contribution >= 0.6 is 0 Å². The average Bonchev–Trinajstić information content (AvgIpc) is 3.47. The lowest BCUT2D eigenvalue weighted by Crippen LogP contribution is -2.35. The number of hydrogen-bond acceptors (Lipinski definition) is 4. The van der Waals surface area contributed by atoms with Crippen molar-refractivity contribution in [3.8, 4) is 5.75 Å². The van der Waals surface area contributed by atoms with Gasteiger partial charge in [0.25, 0.3) is 5.91 Å². The summed E-state index contributed by atoms with van der Waals surface area (Å²) in [5.74, 6) is -0.248. The summed E-state index contributed by atoms with van der Waals surface area (Å²) < 4.78 is 10.4. The quantitative estimate of drug-likeness (QED) is 0.729. The Morgan fingerprint density at radius 2 is 1.74 bits per heavy atom. The number of carbonyl (C=O) groups is 2. The number of nitrogens with one attached hydrogen (secondary N) is 1. The topological polar surface area (TPSA) is 64.6 Å². The molecule has 0 aromatic heterocycles. The zero-order chi connectivity index (χ0) is 19.3. The van der Waals surface area contributed by atoms with Gasteiger partial charge in [0, 0.05) is 12.0 Å². The number of carbonyl (C=O) groups excluding carboxylic acids is 2. The molecule has 5 nitrogen and oxygen atoms in total. The predicted molar refractivity (Wildman–Crippen MR) is 103 cm³/mol. The number of rotatable bonds is 8. The van der Waals surface area contributed by atoms with Crippen LogP contribution in [-0.4, -0.2) is 31.6 Å². The number of amides is 1. The smallest absolute Gasteiger partial charge is 0.344 e. The molecule has 5 heteroatoms. The van der Waals surface area contributed by atoms with Gasteiger partial charge in [-0.3, -0.25) is 4.79 Å². The van der Waals surface area contributed by atoms with Crippen LogP contribution in [0.1, 0.15) is 29.5 Å². The van der Waals surface area contributed by atoms with Gasteiger partial charge in [-0.15, -0.1) is 0 Å². The first-order valence-corrected chi connectivity index (χ1v) is 9.16. The van der Waals surface area contributed by atoms with E-state index in [1.165, 1.54) is 5.56 Å². The second-order valence-electron chi connectivity index (χ2n) is 7.12. The molecule has 0 saturated heterocycles.